The Morgan fingerprint density at radius 2 is 1.48 bits per heavy atom. The summed E-state index contributed by atoms with van der Waals surface area (Å²) in [6, 6.07) is 10.4. The summed E-state index contributed by atoms with van der Waals surface area (Å²) in [6.45, 7) is 0.239. The molecule has 2 aromatic rings. The number of amides is 3. The van der Waals surface area contributed by atoms with E-state index >= 15 is 0 Å². The standard InChI is InChI=1S/C28H34N4O8/c29-20(12-13-24(34)35)25(36)30-21(15-18-8-10-19(33)11-9-18)26(37)31-22(16-17-5-2-1-3-6-17)27(38)32-14-4-7-23(32)28(39)40/h1-3,5-6,8-11,20-23,33H,4,7,12-16,29H2,(H,30,36)(H,31,37)(H,34,35)(H,39,40). The molecule has 4 unspecified atom stereocenters. The summed E-state index contributed by atoms with van der Waals surface area (Å²) in [6.07, 6.45) is 0.416. The number of carbonyl (C=O) groups excluding carboxylic acids is 3. The molecule has 0 aliphatic carbocycles. The fraction of sp³-hybridized carbons (Fsp3) is 0.393. The van der Waals surface area contributed by atoms with E-state index in [9.17, 15) is 34.2 Å². The Bertz CT molecular complexity index is 1200. The largest absolute Gasteiger partial charge is 0.508 e. The van der Waals surface area contributed by atoms with Gasteiger partial charge in [-0.05, 0) is 42.5 Å². The number of nitrogens with one attached hydrogen (secondary N) is 2. The summed E-state index contributed by atoms with van der Waals surface area (Å²) >= 11 is 0. The molecule has 3 amide bonds. The number of hydrogen-bond acceptors (Lipinski definition) is 7. The Labute approximate surface area is 231 Å². The average Bonchev–Trinajstić information content (AvgIpc) is 3.42. The van der Waals surface area contributed by atoms with E-state index in [0.717, 1.165) is 5.56 Å². The first kappa shape index (κ1) is 30.1. The van der Waals surface area contributed by atoms with Crippen LogP contribution < -0.4 is 16.4 Å². The van der Waals surface area contributed by atoms with E-state index in [1.807, 2.05) is 0 Å². The molecule has 0 spiro atoms. The molecule has 214 valence electrons. The number of nitrogens with zero attached hydrogens (tertiary/aromatic N) is 1. The predicted molar refractivity (Wildman–Crippen MR) is 143 cm³/mol. The number of phenols is 1. The second-order valence-electron chi connectivity index (χ2n) is 9.75. The lowest BCUT2D eigenvalue weighted by atomic mass is 10.0. The second-order valence-corrected chi connectivity index (χ2v) is 9.75. The number of likely N-dealkylation sites (tertiary alicyclic amines) is 1. The molecule has 1 aliphatic rings. The van der Waals surface area contributed by atoms with Gasteiger partial charge in [-0.2, -0.15) is 0 Å². The first-order valence-corrected chi connectivity index (χ1v) is 13.0. The third-order valence-corrected chi connectivity index (χ3v) is 6.73. The third-order valence-electron chi connectivity index (χ3n) is 6.73. The highest BCUT2D eigenvalue weighted by Gasteiger charge is 2.38. The van der Waals surface area contributed by atoms with Crippen LogP contribution in [-0.4, -0.2) is 80.6 Å². The van der Waals surface area contributed by atoms with Crippen LogP contribution in [-0.2, 0) is 36.8 Å². The Kier molecular flexibility index (Phi) is 10.6. The number of carbonyl (C=O) groups is 5. The van der Waals surface area contributed by atoms with Crippen molar-refractivity contribution >= 4 is 29.7 Å². The number of phenolic OH excluding ortho intramolecular Hbond substituents is 1. The normalized spacial score (nSPS) is 16.9. The van der Waals surface area contributed by atoms with Crippen LogP contribution in [0.1, 0.15) is 36.8 Å². The smallest absolute Gasteiger partial charge is 0.326 e. The van der Waals surface area contributed by atoms with Crippen LogP contribution in [0.25, 0.3) is 0 Å². The maximum Gasteiger partial charge on any atom is 0.326 e. The van der Waals surface area contributed by atoms with Crippen molar-refractivity contribution < 1.29 is 39.3 Å². The molecule has 1 heterocycles. The maximum absolute atomic E-state index is 13.6. The molecule has 40 heavy (non-hydrogen) atoms. The minimum Gasteiger partial charge on any atom is -0.508 e. The van der Waals surface area contributed by atoms with Crippen molar-refractivity contribution in [3.8, 4) is 5.75 Å². The molecule has 1 saturated heterocycles. The number of rotatable bonds is 13. The molecule has 3 rings (SSSR count). The van der Waals surface area contributed by atoms with Crippen LogP contribution in [0, 0.1) is 0 Å². The van der Waals surface area contributed by atoms with Gasteiger partial charge in [0.2, 0.25) is 17.7 Å². The van der Waals surface area contributed by atoms with Gasteiger partial charge in [0.05, 0.1) is 6.04 Å². The van der Waals surface area contributed by atoms with Gasteiger partial charge in [0.15, 0.2) is 0 Å². The highest BCUT2D eigenvalue weighted by Crippen LogP contribution is 2.20. The highest BCUT2D eigenvalue weighted by atomic mass is 16.4. The number of carboxylic acid groups (broad SMARTS) is 2. The SMILES string of the molecule is NC(CCC(=O)O)C(=O)NC(Cc1ccc(O)cc1)C(=O)NC(Cc1ccccc1)C(=O)N1CCCC1C(=O)O. The summed E-state index contributed by atoms with van der Waals surface area (Å²) in [5.41, 5.74) is 7.18. The van der Waals surface area contributed by atoms with Gasteiger partial charge >= 0.3 is 11.9 Å². The van der Waals surface area contributed by atoms with Crippen LogP contribution in [0.2, 0.25) is 0 Å². The summed E-state index contributed by atoms with van der Waals surface area (Å²) in [4.78, 5) is 63.8. The third kappa shape index (κ3) is 8.53. The van der Waals surface area contributed by atoms with Crippen LogP contribution in [0.5, 0.6) is 5.75 Å². The number of benzene rings is 2. The zero-order chi connectivity index (χ0) is 29.2. The molecule has 7 N–H and O–H groups in total. The lowest BCUT2D eigenvalue weighted by molar-refractivity contribution is -0.149. The molecule has 4 atom stereocenters. The summed E-state index contributed by atoms with van der Waals surface area (Å²) in [5.74, 6) is -4.22. The number of nitrogens with two attached hydrogens (primary N) is 1. The van der Waals surface area contributed by atoms with Gasteiger partial charge in [0.1, 0.15) is 23.9 Å². The lowest BCUT2D eigenvalue weighted by Crippen LogP contribution is -2.58. The second kappa shape index (κ2) is 14.1. The molecule has 1 aliphatic heterocycles. The van der Waals surface area contributed by atoms with Crippen molar-refractivity contribution in [2.45, 2.75) is 62.7 Å². The number of aliphatic carboxylic acids is 2. The van der Waals surface area contributed by atoms with Gasteiger partial charge in [-0.15, -0.1) is 0 Å². The zero-order valence-corrected chi connectivity index (χ0v) is 21.9. The Morgan fingerprint density at radius 1 is 0.875 bits per heavy atom. The Hall–Kier alpha value is -4.45. The fourth-order valence-corrected chi connectivity index (χ4v) is 4.58. The molecule has 0 saturated carbocycles. The van der Waals surface area contributed by atoms with Crippen molar-refractivity contribution in [3.05, 3.63) is 65.7 Å². The summed E-state index contributed by atoms with van der Waals surface area (Å²) in [7, 11) is 0. The van der Waals surface area contributed by atoms with E-state index in [1.54, 1.807) is 42.5 Å². The van der Waals surface area contributed by atoms with Crippen LogP contribution in [0.4, 0.5) is 0 Å². The molecule has 2 aromatic carbocycles. The molecule has 0 aromatic heterocycles. The number of aromatic hydroxyl groups is 1. The summed E-state index contributed by atoms with van der Waals surface area (Å²) in [5, 5.41) is 33.4. The fourth-order valence-electron chi connectivity index (χ4n) is 4.58. The van der Waals surface area contributed by atoms with Crippen molar-refractivity contribution in [2.75, 3.05) is 6.54 Å². The highest BCUT2D eigenvalue weighted by molar-refractivity contribution is 5.94. The van der Waals surface area contributed by atoms with Crippen LogP contribution in [0.15, 0.2) is 54.6 Å². The molecule has 1 fully saturated rings. The van der Waals surface area contributed by atoms with Gasteiger partial charge in [0, 0.05) is 25.8 Å². The van der Waals surface area contributed by atoms with E-state index in [4.69, 9.17) is 10.8 Å². The zero-order valence-electron chi connectivity index (χ0n) is 21.9. The maximum atomic E-state index is 13.6. The predicted octanol–water partition coefficient (Wildman–Crippen LogP) is 0.415. The minimum absolute atomic E-state index is 0.0107. The topological polar surface area (TPSA) is 199 Å². The first-order chi connectivity index (χ1) is 19.0. The Balaban J connectivity index is 1.84. The number of hydrogen-bond donors (Lipinski definition) is 6. The van der Waals surface area contributed by atoms with Crippen molar-refractivity contribution in [1.82, 2.24) is 15.5 Å². The van der Waals surface area contributed by atoms with Crippen LogP contribution >= 0.6 is 0 Å². The van der Waals surface area contributed by atoms with E-state index < -0.39 is 53.8 Å². The molecule has 12 heteroatoms. The van der Waals surface area contributed by atoms with Crippen molar-refractivity contribution in [1.29, 1.82) is 0 Å². The summed E-state index contributed by atoms with van der Waals surface area (Å²) < 4.78 is 0. The van der Waals surface area contributed by atoms with Gasteiger partial charge in [-0.1, -0.05) is 42.5 Å². The monoisotopic (exact) mass is 554 g/mol. The van der Waals surface area contributed by atoms with E-state index in [0.29, 0.717) is 18.4 Å². The van der Waals surface area contributed by atoms with Crippen LogP contribution in [0.3, 0.4) is 0 Å². The van der Waals surface area contributed by atoms with Gasteiger partial charge in [-0.3, -0.25) is 19.2 Å². The van der Waals surface area contributed by atoms with E-state index in [-0.39, 0.29) is 38.0 Å². The molecule has 12 nitrogen and oxygen atoms in total. The van der Waals surface area contributed by atoms with Gasteiger partial charge in [0.25, 0.3) is 0 Å². The van der Waals surface area contributed by atoms with E-state index in [2.05, 4.69) is 10.6 Å². The molecule has 0 bridgehead atoms. The average molecular weight is 555 g/mol. The van der Waals surface area contributed by atoms with Gasteiger partial charge < -0.3 is 36.6 Å². The first-order valence-electron chi connectivity index (χ1n) is 13.0. The quantitative estimate of drug-likeness (QED) is 0.203. The molecular weight excluding hydrogens is 520 g/mol. The van der Waals surface area contributed by atoms with Crippen molar-refractivity contribution in [2.24, 2.45) is 5.73 Å². The molecular formula is C28H34N4O8. The van der Waals surface area contributed by atoms with Gasteiger partial charge in [-0.25, -0.2) is 4.79 Å². The minimum atomic E-state index is -1.20. The lowest BCUT2D eigenvalue weighted by Gasteiger charge is -2.29. The van der Waals surface area contributed by atoms with E-state index in [1.165, 1.54) is 17.0 Å². The molecule has 0 radical (unpaired) electrons. The Morgan fingerprint density at radius 3 is 2.10 bits per heavy atom. The van der Waals surface area contributed by atoms with Crippen molar-refractivity contribution in [3.63, 3.8) is 0 Å². The number of carboxylic acids is 2.